The van der Waals surface area contributed by atoms with E-state index in [-0.39, 0.29) is 17.5 Å². The second kappa shape index (κ2) is 5.12. The molecule has 0 radical (unpaired) electrons. The predicted octanol–water partition coefficient (Wildman–Crippen LogP) is 2.97. The molecule has 0 spiro atoms. The summed E-state index contributed by atoms with van der Waals surface area (Å²) in [4.78, 5) is 11.1. The third-order valence-corrected chi connectivity index (χ3v) is 5.07. The van der Waals surface area contributed by atoms with E-state index < -0.39 is 0 Å². The Hall–Kier alpha value is -1.09. The van der Waals surface area contributed by atoms with E-state index in [1.165, 1.54) is 12.5 Å². The molecule has 0 N–H and O–H groups in total. The van der Waals surface area contributed by atoms with E-state index in [9.17, 15) is 4.79 Å². The Labute approximate surface area is 115 Å². The van der Waals surface area contributed by atoms with Crippen molar-refractivity contribution in [1.82, 2.24) is 0 Å². The summed E-state index contributed by atoms with van der Waals surface area (Å²) in [6, 6.07) is 0. The van der Waals surface area contributed by atoms with E-state index in [1.54, 1.807) is 0 Å². The van der Waals surface area contributed by atoms with Gasteiger partial charge in [-0.3, -0.25) is 4.79 Å². The molecule has 1 saturated heterocycles. The van der Waals surface area contributed by atoms with Gasteiger partial charge in [0.05, 0.1) is 19.3 Å². The minimum absolute atomic E-state index is 0.0733. The van der Waals surface area contributed by atoms with Crippen molar-refractivity contribution in [2.24, 2.45) is 23.2 Å². The number of esters is 1. The monoisotopic (exact) mass is 264 g/mol. The Bertz CT molecular complexity index is 412. The number of allylic oxidation sites excluding steroid dienone is 1. The number of rotatable bonds is 3. The summed E-state index contributed by atoms with van der Waals surface area (Å²) in [5.41, 5.74) is 1.26. The van der Waals surface area contributed by atoms with Crippen molar-refractivity contribution in [2.45, 2.75) is 33.8 Å². The third-order valence-electron chi connectivity index (χ3n) is 5.07. The zero-order valence-electron chi connectivity index (χ0n) is 12.3. The molecule has 19 heavy (non-hydrogen) atoms. The zero-order chi connectivity index (χ0) is 14.2. The van der Waals surface area contributed by atoms with Crippen LogP contribution in [0.5, 0.6) is 0 Å². The third kappa shape index (κ3) is 2.25. The van der Waals surface area contributed by atoms with E-state index in [0.717, 1.165) is 0 Å². The second-order valence-corrected chi connectivity index (χ2v) is 6.04. The van der Waals surface area contributed by atoms with Crippen molar-refractivity contribution in [1.29, 1.82) is 0 Å². The molecular formula is C16H24O3. The van der Waals surface area contributed by atoms with Crippen LogP contribution in [0, 0.1) is 23.2 Å². The number of hydrogen-bond donors (Lipinski definition) is 0. The number of carbonyl (C=O) groups is 1. The van der Waals surface area contributed by atoms with Crippen LogP contribution < -0.4 is 0 Å². The highest BCUT2D eigenvalue weighted by molar-refractivity contribution is 5.65. The molecule has 0 saturated carbocycles. The lowest BCUT2D eigenvalue weighted by Gasteiger charge is -2.54. The number of hydrogen-bond acceptors (Lipinski definition) is 3. The first-order valence-electron chi connectivity index (χ1n) is 6.98. The molecule has 2 rings (SSSR count). The molecule has 0 aromatic heterocycles. The Balaban J connectivity index is 2.33. The molecule has 0 aromatic carbocycles. The van der Waals surface area contributed by atoms with Crippen LogP contribution in [0.15, 0.2) is 24.3 Å². The van der Waals surface area contributed by atoms with Gasteiger partial charge in [-0.1, -0.05) is 31.6 Å². The topological polar surface area (TPSA) is 35.5 Å². The normalized spacial score (nSPS) is 41.4. The van der Waals surface area contributed by atoms with Crippen LogP contribution in [0.4, 0.5) is 0 Å². The van der Waals surface area contributed by atoms with Crippen molar-refractivity contribution in [3.8, 4) is 0 Å². The summed E-state index contributed by atoms with van der Waals surface area (Å²) in [6.45, 7) is 13.0. The van der Waals surface area contributed by atoms with Crippen molar-refractivity contribution >= 4 is 5.97 Å². The molecule has 0 aromatic rings. The maximum atomic E-state index is 11.1. The van der Waals surface area contributed by atoms with Crippen LogP contribution in [0.3, 0.4) is 0 Å². The van der Waals surface area contributed by atoms with Gasteiger partial charge in [0, 0.05) is 18.3 Å². The van der Waals surface area contributed by atoms with Crippen LogP contribution in [-0.2, 0) is 14.3 Å². The van der Waals surface area contributed by atoms with Crippen LogP contribution in [-0.4, -0.2) is 25.3 Å². The standard InChI is InChI=1S/C16H24O3/c1-6-14-15-10(2)7-11(3)16(9-19-14,12(15)4)8-18-13(5)17/h6-7,11-12,14-15H,1,8-9H2,2-5H3/t11-,12+,14-,15-,16+/m1/s1. The average Bonchev–Trinajstić information content (AvgIpc) is 2.34. The van der Waals surface area contributed by atoms with Crippen molar-refractivity contribution in [3.05, 3.63) is 24.3 Å². The van der Waals surface area contributed by atoms with E-state index in [1.807, 2.05) is 6.08 Å². The smallest absolute Gasteiger partial charge is 0.302 e. The van der Waals surface area contributed by atoms with Crippen LogP contribution in [0.1, 0.15) is 27.7 Å². The summed E-state index contributed by atoms with van der Waals surface area (Å²) in [6.07, 6.45) is 4.28. The molecule has 3 nitrogen and oxygen atoms in total. The number of carbonyl (C=O) groups excluding carboxylic acids is 1. The highest BCUT2D eigenvalue weighted by Gasteiger charge is 2.53. The molecule has 2 bridgehead atoms. The fourth-order valence-corrected chi connectivity index (χ4v) is 3.75. The van der Waals surface area contributed by atoms with Gasteiger partial charge >= 0.3 is 5.97 Å². The van der Waals surface area contributed by atoms with Gasteiger partial charge in [-0.15, -0.1) is 6.58 Å². The Morgan fingerprint density at radius 1 is 1.63 bits per heavy atom. The summed E-state index contributed by atoms with van der Waals surface area (Å²) >= 11 is 0. The van der Waals surface area contributed by atoms with Crippen molar-refractivity contribution in [3.63, 3.8) is 0 Å². The molecule has 1 fully saturated rings. The fourth-order valence-electron chi connectivity index (χ4n) is 3.75. The Morgan fingerprint density at radius 2 is 2.32 bits per heavy atom. The Kier molecular flexibility index (Phi) is 3.86. The highest BCUT2D eigenvalue weighted by Crippen LogP contribution is 2.52. The van der Waals surface area contributed by atoms with Gasteiger partial charge < -0.3 is 9.47 Å². The first kappa shape index (κ1) is 14.3. The van der Waals surface area contributed by atoms with Gasteiger partial charge in [0.1, 0.15) is 0 Å². The summed E-state index contributed by atoms with van der Waals surface area (Å²) < 4.78 is 11.3. The first-order valence-corrected chi connectivity index (χ1v) is 6.98. The van der Waals surface area contributed by atoms with Gasteiger partial charge in [-0.2, -0.15) is 0 Å². The van der Waals surface area contributed by atoms with E-state index in [0.29, 0.717) is 31.0 Å². The summed E-state index contributed by atoms with van der Waals surface area (Å²) in [7, 11) is 0. The zero-order valence-corrected chi connectivity index (χ0v) is 12.3. The Morgan fingerprint density at radius 3 is 2.89 bits per heavy atom. The molecule has 5 atom stereocenters. The van der Waals surface area contributed by atoms with Gasteiger partial charge in [-0.05, 0) is 18.8 Å². The van der Waals surface area contributed by atoms with E-state index >= 15 is 0 Å². The fraction of sp³-hybridized carbons (Fsp3) is 0.688. The first-order chi connectivity index (χ1) is 8.92. The molecule has 0 amide bonds. The largest absolute Gasteiger partial charge is 0.465 e. The average molecular weight is 264 g/mol. The summed E-state index contributed by atoms with van der Waals surface area (Å²) in [5.74, 6) is 0.896. The summed E-state index contributed by atoms with van der Waals surface area (Å²) in [5, 5.41) is 0. The maximum absolute atomic E-state index is 11.1. The van der Waals surface area contributed by atoms with Gasteiger partial charge in [0.2, 0.25) is 0 Å². The molecule has 1 aliphatic carbocycles. The lowest BCUT2D eigenvalue weighted by atomic mass is 9.56. The van der Waals surface area contributed by atoms with Crippen molar-refractivity contribution in [2.75, 3.05) is 13.2 Å². The SMILES string of the molecule is C=C[C@H]1OC[C@@]2(COC(C)=O)[C@H](C)C=C(C)[C@@H]1[C@@H]2C. The van der Waals surface area contributed by atoms with Gasteiger partial charge in [0.25, 0.3) is 0 Å². The quantitative estimate of drug-likeness (QED) is 0.580. The predicted molar refractivity (Wildman–Crippen MR) is 74.6 cm³/mol. The van der Waals surface area contributed by atoms with Crippen LogP contribution in [0.25, 0.3) is 0 Å². The molecule has 2 aliphatic rings. The van der Waals surface area contributed by atoms with E-state index in [2.05, 4.69) is 33.4 Å². The number of fused-ring (bicyclic) bond motifs is 2. The van der Waals surface area contributed by atoms with Gasteiger partial charge in [0.15, 0.2) is 0 Å². The van der Waals surface area contributed by atoms with Crippen LogP contribution >= 0.6 is 0 Å². The lowest BCUT2D eigenvalue weighted by Crippen LogP contribution is -2.56. The molecule has 1 heterocycles. The lowest BCUT2D eigenvalue weighted by molar-refractivity contribution is -0.171. The van der Waals surface area contributed by atoms with Crippen LogP contribution in [0.2, 0.25) is 0 Å². The maximum Gasteiger partial charge on any atom is 0.302 e. The second-order valence-electron chi connectivity index (χ2n) is 6.04. The van der Waals surface area contributed by atoms with E-state index in [4.69, 9.17) is 9.47 Å². The molecule has 3 heteroatoms. The molecule has 1 aliphatic heterocycles. The number of ether oxygens (including phenoxy) is 2. The highest BCUT2D eigenvalue weighted by atomic mass is 16.5. The minimum Gasteiger partial charge on any atom is -0.465 e. The molecule has 0 unspecified atom stereocenters. The minimum atomic E-state index is -0.220. The molecule has 106 valence electrons. The van der Waals surface area contributed by atoms with Crippen molar-refractivity contribution < 1.29 is 14.3 Å². The van der Waals surface area contributed by atoms with Gasteiger partial charge in [-0.25, -0.2) is 0 Å². The molecular weight excluding hydrogens is 240 g/mol.